The van der Waals surface area contributed by atoms with Crippen molar-refractivity contribution in [1.29, 1.82) is 0 Å². The van der Waals surface area contributed by atoms with Crippen LogP contribution in [0.4, 0.5) is 10.5 Å². The Labute approximate surface area is 120 Å². The van der Waals surface area contributed by atoms with Gasteiger partial charge in [0.2, 0.25) is 0 Å². The van der Waals surface area contributed by atoms with E-state index >= 15 is 0 Å². The summed E-state index contributed by atoms with van der Waals surface area (Å²) in [5.74, 6) is 0. The molecule has 0 atom stereocenters. The molecule has 1 aliphatic carbocycles. The minimum atomic E-state index is -0.0367. The molecule has 1 saturated carbocycles. The van der Waals surface area contributed by atoms with Crippen LogP contribution in [0.2, 0.25) is 0 Å². The minimum absolute atomic E-state index is 0.0367. The molecular weight excluding hydrogens is 250 g/mol. The lowest BCUT2D eigenvalue weighted by Gasteiger charge is -2.21. The maximum absolute atomic E-state index is 11.9. The fourth-order valence-corrected chi connectivity index (χ4v) is 3.21. The molecule has 1 aromatic rings. The van der Waals surface area contributed by atoms with Crippen LogP contribution in [0.15, 0.2) is 18.2 Å². The van der Waals surface area contributed by atoms with E-state index in [2.05, 4.69) is 34.1 Å². The van der Waals surface area contributed by atoms with Crippen molar-refractivity contribution >= 4 is 11.7 Å². The van der Waals surface area contributed by atoms with Crippen LogP contribution in [-0.4, -0.2) is 18.6 Å². The number of benzene rings is 1. The van der Waals surface area contributed by atoms with Gasteiger partial charge in [0, 0.05) is 24.8 Å². The highest BCUT2D eigenvalue weighted by molar-refractivity contribution is 5.74. The third-order valence-electron chi connectivity index (χ3n) is 4.29. The number of rotatable bonds is 3. The Morgan fingerprint density at radius 3 is 2.95 bits per heavy atom. The fraction of sp³-hybridized carbons (Fsp3) is 0.562. The zero-order valence-corrected chi connectivity index (χ0v) is 11.9. The van der Waals surface area contributed by atoms with Crippen LogP contribution in [0, 0.1) is 0 Å². The van der Waals surface area contributed by atoms with E-state index in [1.165, 1.54) is 36.1 Å². The van der Waals surface area contributed by atoms with Crippen LogP contribution in [0.25, 0.3) is 0 Å². The number of urea groups is 1. The van der Waals surface area contributed by atoms with Gasteiger partial charge in [0.25, 0.3) is 0 Å². The Balaban J connectivity index is 1.56. The third kappa shape index (κ3) is 3.06. The predicted molar refractivity (Wildman–Crippen MR) is 80.9 cm³/mol. The van der Waals surface area contributed by atoms with Gasteiger partial charge in [-0.15, -0.1) is 0 Å². The van der Waals surface area contributed by atoms with E-state index in [4.69, 9.17) is 0 Å². The van der Waals surface area contributed by atoms with E-state index in [0.29, 0.717) is 12.6 Å². The van der Waals surface area contributed by atoms with Gasteiger partial charge >= 0.3 is 6.03 Å². The molecule has 2 aliphatic rings. The van der Waals surface area contributed by atoms with Crippen LogP contribution in [0.1, 0.15) is 43.2 Å². The molecule has 0 spiro atoms. The number of carbonyl (C=O) groups is 1. The van der Waals surface area contributed by atoms with Gasteiger partial charge in [0.1, 0.15) is 0 Å². The van der Waals surface area contributed by atoms with Gasteiger partial charge < -0.3 is 16.0 Å². The zero-order chi connectivity index (χ0) is 13.8. The fourth-order valence-electron chi connectivity index (χ4n) is 3.21. The molecule has 2 amide bonds. The average Bonchev–Trinajstić information content (AvgIpc) is 2.98. The number of fused-ring (bicyclic) bond motifs is 1. The highest BCUT2D eigenvalue weighted by Gasteiger charge is 2.17. The van der Waals surface area contributed by atoms with Gasteiger partial charge in [-0.05, 0) is 36.8 Å². The van der Waals surface area contributed by atoms with E-state index in [0.717, 1.165) is 25.8 Å². The molecule has 0 bridgehead atoms. The molecule has 108 valence electrons. The molecule has 0 radical (unpaired) electrons. The number of hydrogen-bond acceptors (Lipinski definition) is 2. The standard InChI is InChI=1S/C16H23N3O/c20-16(19-14-8-1-2-9-14)18-11-13-6-3-5-12-7-4-10-17-15(12)13/h3,5-6,14,17H,1-2,4,7-11H2,(H2,18,19,20). The van der Waals surface area contributed by atoms with Gasteiger partial charge in [-0.1, -0.05) is 31.0 Å². The Hall–Kier alpha value is -1.71. The zero-order valence-electron chi connectivity index (χ0n) is 11.9. The van der Waals surface area contributed by atoms with Crippen molar-refractivity contribution in [2.45, 2.75) is 51.1 Å². The molecule has 0 saturated heterocycles. The lowest BCUT2D eigenvalue weighted by Crippen LogP contribution is -2.40. The highest BCUT2D eigenvalue weighted by Crippen LogP contribution is 2.25. The number of carbonyl (C=O) groups excluding carboxylic acids is 1. The highest BCUT2D eigenvalue weighted by atomic mass is 16.2. The largest absolute Gasteiger partial charge is 0.385 e. The van der Waals surface area contributed by atoms with Crippen molar-refractivity contribution in [1.82, 2.24) is 10.6 Å². The van der Waals surface area contributed by atoms with E-state index < -0.39 is 0 Å². The second kappa shape index (κ2) is 6.16. The summed E-state index contributed by atoms with van der Waals surface area (Å²) >= 11 is 0. The Bertz CT molecular complexity index is 481. The van der Waals surface area contributed by atoms with Crippen LogP contribution in [-0.2, 0) is 13.0 Å². The summed E-state index contributed by atoms with van der Waals surface area (Å²) in [4.78, 5) is 11.9. The normalized spacial score (nSPS) is 18.2. The molecule has 1 fully saturated rings. The molecule has 1 heterocycles. The monoisotopic (exact) mass is 273 g/mol. The molecule has 0 aromatic heterocycles. The van der Waals surface area contributed by atoms with Crippen LogP contribution in [0.3, 0.4) is 0 Å². The van der Waals surface area contributed by atoms with Gasteiger partial charge in [0.05, 0.1) is 0 Å². The summed E-state index contributed by atoms with van der Waals surface area (Å²) in [6, 6.07) is 6.68. The average molecular weight is 273 g/mol. The van der Waals surface area contributed by atoms with Crippen LogP contribution < -0.4 is 16.0 Å². The third-order valence-corrected chi connectivity index (χ3v) is 4.29. The van der Waals surface area contributed by atoms with Gasteiger partial charge in [-0.3, -0.25) is 0 Å². The maximum atomic E-state index is 11.9. The molecule has 3 rings (SSSR count). The first kappa shape index (κ1) is 13.3. The topological polar surface area (TPSA) is 53.2 Å². The van der Waals surface area contributed by atoms with Crippen molar-refractivity contribution in [2.24, 2.45) is 0 Å². The number of para-hydroxylation sites is 1. The summed E-state index contributed by atoms with van der Waals surface area (Å²) in [5.41, 5.74) is 3.77. The Morgan fingerprint density at radius 1 is 1.25 bits per heavy atom. The first-order chi connectivity index (χ1) is 9.83. The van der Waals surface area contributed by atoms with E-state index in [9.17, 15) is 4.79 Å². The molecule has 3 N–H and O–H groups in total. The van der Waals surface area contributed by atoms with E-state index in [1.54, 1.807) is 0 Å². The number of aryl methyl sites for hydroxylation is 1. The smallest absolute Gasteiger partial charge is 0.315 e. The van der Waals surface area contributed by atoms with E-state index in [1.807, 2.05) is 0 Å². The second-order valence-corrected chi connectivity index (χ2v) is 5.79. The summed E-state index contributed by atoms with van der Waals surface area (Å²) in [6.45, 7) is 1.62. The predicted octanol–water partition coefficient (Wildman–Crippen LogP) is 2.79. The summed E-state index contributed by atoms with van der Waals surface area (Å²) in [5, 5.41) is 9.50. The number of amides is 2. The Morgan fingerprint density at radius 2 is 2.10 bits per heavy atom. The summed E-state index contributed by atoms with van der Waals surface area (Å²) in [6.07, 6.45) is 7.03. The van der Waals surface area contributed by atoms with Crippen molar-refractivity contribution in [3.05, 3.63) is 29.3 Å². The summed E-state index contributed by atoms with van der Waals surface area (Å²) in [7, 11) is 0. The Kier molecular flexibility index (Phi) is 4.09. The van der Waals surface area contributed by atoms with Gasteiger partial charge in [-0.25, -0.2) is 4.79 Å². The summed E-state index contributed by atoms with van der Waals surface area (Å²) < 4.78 is 0. The van der Waals surface area contributed by atoms with Gasteiger partial charge in [0.15, 0.2) is 0 Å². The molecule has 4 nitrogen and oxygen atoms in total. The lowest BCUT2D eigenvalue weighted by molar-refractivity contribution is 0.236. The first-order valence-electron chi connectivity index (χ1n) is 7.72. The van der Waals surface area contributed by atoms with Crippen LogP contribution >= 0.6 is 0 Å². The molecule has 0 unspecified atom stereocenters. The number of hydrogen-bond donors (Lipinski definition) is 3. The quantitative estimate of drug-likeness (QED) is 0.793. The molecule has 1 aromatic carbocycles. The molecule has 20 heavy (non-hydrogen) atoms. The van der Waals surface area contributed by atoms with Crippen molar-refractivity contribution in [3.63, 3.8) is 0 Å². The first-order valence-corrected chi connectivity index (χ1v) is 7.72. The second-order valence-electron chi connectivity index (χ2n) is 5.79. The number of anilines is 1. The molecule has 4 heteroatoms. The lowest BCUT2D eigenvalue weighted by atomic mass is 9.99. The molecule has 1 aliphatic heterocycles. The minimum Gasteiger partial charge on any atom is -0.385 e. The maximum Gasteiger partial charge on any atom is 0.315 e. The number of nitrogens with one attached hydrogen (secondary N) is 3. The van der Waals surface area contributed by atoms with Crippen molar-refractivity contribution in [3.8, 4) is 0 Å². The van der Waals surface area contributed by atoms with E-state index in [-0.39, 0.29) is 6.03 Å². The molecular formula is C16H23N3O. The van der Waals surface area contributed by atoms with Crippen LogP contribution in [0.5, 0.6) is 0 Å². The van der Waals surface area contributed by atoms with Crippen molar-refractivity contribution in [2.75, 3.05) is 11.9 Å². The van der Waals surface area contributed by atoms with Gasteiger partial charge in [-0.2, -0.15) is 0 Å². The van der Waals surface area contributed by atoms with Crippen molar-refractivity contribution < 1.29 is 4.79 Å². The SMILES string of the molecule is O=C(NCc1cccc2c1NCCC2)NC1CCCC1.